The second-order valence-electron chi connectivity index (χ2n) is 2.10. The molecule has 0 heterocycles. The minimum atomic E-state index is -3.57. The molecule has 7 heteroatoms. The van der Waals surface area contributed by atoms with E-state index in [1.54, 1.807) is 0 Å². The molecule has 0 aromatic carbocycles. The highest BCUT2D eigenvalue weighted by atomic mass is 28.4. The molecular formula is C6H12O6Si. The van der Waals surface area contributed by atoms with E-state index in [-0.39, 0.29) is 0 Å². The summed E-state index contributed by atoms with van der Waals surface area (Å²) in [6.45, 7) is 2.34. The quantitative estimate of drug-likeness (QED) is 0.598. The highest BCUT2D eigenvalue weighted by Crippen LogP contribution is 2.09. The molecule has 13 heavy (non-hydrogen) atoms. The van der Waals surface area contributed by atoms with E-state index < -0.39 is 21.0 Å². The van der Waals surface area contributed by atoms with Gasteiger partial charge in [-0.1, -0.05) is 0 Å². The third-order valence-electron chi connectivity index (χ3n) is 1.04. The van der Waals surface area contributed by atoms with Gasteiger partial charge in [0.1, 0.15) is 0 Å². The zero-order valence-electron chi connectivity index (χ0n) is 7.95. The van der Waals surface area contributed by atoms with Crippen LogP contribution in [0.1, 0.15) is 13.8 Å². The summed E-state index contributed by atoms with van der Waals surface area (Å²) in [7, 11) is -1.09. The van der Waals surface area contributed by atoms with Crippen molar-refractivity contribution in [3.05, 3.63) is 0 Å². The molecule has 0 N–H and O–H groups in total. The lowest BCUT2D eigenvalue weighted by molar-refractivity contribution is -0.148. The van der Waals surface area contributed by atoms with Crippen LogP contribution < -0.4 is 0 Å². The third kappa shape index (κ3) is 4.01. The predicted molar refractivity (Wildman–Crippen MR) is 43.3 cm³/mol. The van der Waals surface area contributed by atoms with Crippen molar-refractivity contribution in [1.29, 1.82) is 0 Å². The van der Waals surface area contributed by atoms with Crippen LogP contribution in [0.3, 0.4) is 0 Å². The molecule has 0 saturated carbocycles. The van der Waals surface area contributed by atoms with Gasteiger partial charge >= 0.3 is 9.05 Å². The Balaban J connectivity index is 4.48. The normalized spacial score (nSPS) is 10.8. The van der Waals surface area contributed by atoms with Crippen molar-refractivity contribution in [2.45, 2.75) is 13.8 Å². The molecule has 0 spiro atoms. The zero-order chi connectivity index (χ0) is 10.5. The molecular weight excluding hydrogens is 196 g/mol. The molecule has 0 fully saturated rings. The summed E-state index contributed by atoms with van der Waals surface area (Å²) >= 11 is 0. The molecule has 6 nitrogen and oxygen atoms in total. The molecule has 0 aliphatic carbocycles. The van der Waals surface area contributed by atoms with E-state index in [4.69, 9.17) is 8.85 Å². The first-order valence-electron chi connectivity index (χ1n) is 3.45. The van der Waals surface area contributed by atoms with Crippen molar-refractivity contribution in [2.75, 3.05) is 14.2 Å². The molecule has 0 aromatic rings. The number of rotatable bonds is 4. The van der Waals surface area contributed by atoms with Crippen molar-refractivity contribution in [3.8, 4) is 0 Å². The predicted octanol–water partition coefficient (Wildman–Crippen LogP) is -0.159. The van der Waals surface area contributed by atoms with E-state index in [1.807, 2.05) is 0 Å². The van der Waals surface area contributed by atoms with Crippen LogP contribution in [0.25, 0.3) is 0 Å². The largest absolute Gasteiger partial charge is 0.824 e. The second-order valence-corrected chi connectivity index (χ2v) is 4.32. The fraction of sp³-hybridized carbons (Fsp3) is 0.667. The van der Waals surface area contributed by atoms with Crippen molar-refractivity contribution >= 4 is 21.0 Å². The minimum absolute atomic E-state index is 0.628. The summed E-state index contributed by atoms with van der Waals surface area (Å²) in [6.07, 6.45) is 0. The lowest BCUT2D eigenvalue weighted by atomic mass is 10.9. The number of hydrogen-bond acceptors (Lipinski definition) is 6. The van der Waals surface area contributed by atoms with Gasteiger partial charge in [-0.05, 0) is 0 Å². The lowest BCUT2D eigenvalue weighted by Gasteiger charge is -2.21. The molecule has 0 saturated heterocycles. The highest BCUT2D eigenvalue weighted by Gasteiger charge is 2.51. The monoisotopic (exact) mass is 208 g/mol. The standard InChI is InChI=1S/C6H12O6Si/c1-5(7)11-13(9-3,10-4)12-6(2)8/h1-4H3. The first kappa shape index (κ1) is 12.1. The number of carbonyl (C=O) groups excluding carboxylic acids is 2. The molecule has 0 aliphatic heterocycles. The molecule has 0 unspecified atom stereocenters. The van der Waals surface area contributed by atoms with E-state index in [1.165, 1.54) is 28.1 Å². The van der Waals surface area contributed by atoms with Gasteiger partial charge in [0.2, 0.25) is 0 Å². The summed E-state index contributed by atoms with van der Waals surface area (Å²) in [5, 5.41) is 0. The second kappa shape index (κ2) is 4.95. The Morgan fingerprint density at radius 3 is 1.38 bits per heavy atom. The molecule has 0 aromatic heterocycles. The zero-order valence-corrected chi connectivity index (χ0v) is 8.95. The number of carbonyl (C=O) groups is 2. The Morgan fingerprint density at radius 2 is 1.23 bits per heavy atom. The Bertz CT molecular complexity index is 181. The maximum atomic E-state index is 10.6. The van der Waals surface area contributed by atoms with Crippen molar-refractivity contribution in [1.82, 2.24) is 0 Å². The Labute approximate surface area is 77.2 Å². The van der Waals surface area contributed by atoms with Gasteiger partial charge in [0.05, 0.1) is 0 Å². The Kier molecular flexibility index (Phi) is 4.60. The lowest BCUT2D eigenvalue weighted by Crippen LogP contribution is -2.49. The average Bonchev–Trinajstić information content (AvgIpc) is 2.01. The van der Waals surface area contributed by atoms with Crippen LogP contribution in [0, 0.1) is 0 Å². The maximum Gasteiger partial charge on any atom is 0.824 e. The van der Waals surface area contributed by atoms with Crippen LogP contribution in [0.15, 0.2) is 0 Å². The van der Waals surface area contributed by atoms with Crippen LogP contribution >= 0.6 is 0 Å². The van der Waals surface area contributed by atoms with Gasteiger partial charge in [-0.15, -0.1) is 0 Å². The van der Waals surface area contributed by atoms with Crippen molar-refractivity contribution in [2.24, 2.45) is 0 Å². The van der Waals surface area contributed by atoms with E-state index in [0.717, 1.165) is 0 Å². The number of hydrogen-bond donors (Lipinski definition) is 0. The van der Waals surface area contributed by atoms with E-state index >= 15 is 0 Å². The Morgan fingerprint density at radius 1 is 0.923 bits per heavy atom. The van der Waals surface area contributed by atoms with Gasteiger partial charge in [0.25, 0.3) is 11.9 Å². The van der Waals surface area contributed by atoms with Crippen molar-refractivity contribution in [3.63, 3.8) is 0 Å². The van der Waals surface area contributed by atoms with Gasteiger partial charge in [0, 0.05) is 28.1 Å². The van der Waals surface area contributed by atoms with Gasteiger partial charge in [-0.3, -0.25) is 9.59 Å². The summed E-state index contributed by atoms with van der Waals surface area (Å²) in [6, 6.07) is 0. The minimum Gasteiger partial charge on any atom is -0.442 e. The SMILES string of the molecule is CO[Si](OC)(OC(C)=O)OC(C)=O. The van der Waals surface area contributed by atoms with E-state index in [9.17, 15) is 9.59 Å². The molecule has 0 bridgehead atoms. The van der Waals surface area contributed by atoms with Crippen LogP contribution in [-0.4, -0.2) is 35.2 Å². The molecule has 76 valence electrons. The smallest absolute Gasteiger partial charge is 0.442 e. The maximum absolute atomic E-state index is 10.6. The van der Waals surface area contributed by atoms with Gasteiger partial charge < -0.3 is 17.7 Å². The summed E-state index contributed by atoms with van der Waals surface area (Å²) in [5.74, 6) is -1.26. The molecule has 0 radical (unpaired) electrons. The molecule has 0 atom stereocenters. The molecule has 0 rings (SSSR count). The first-order valence-corrected chi connectivity index (χ1v) is 5.08. The average molecular weight is 208 g/mol. The fourth-order valence-electron chi connectivity index (χ4n) is 0.623. The van der Waals surface area contributed by atoms with Crippen molar-refractivity contribution < 1.29 is 27.3 Å². The van der Waals surface area contributed by atoms with Gasteiger partial charge in [-0.25, -0.2) is 0 Å². The highest BCUT2D eigenvalue weighted by molar-refractivity contribution is 6.57. The van der Waals surface area contributed by atoms with E-state index in [2.05, 4.69) is 8.85 Å². The summed E-state index contributed by atoms with van der Waals surface area (Å²) in [4.78, 5) is 21.2. The Hall–Kier alpha value is -0.923. The molecule has 0 amide bonds. The van der Waals surface area contributed by atoms with Gasteiger partial charge in [-0.2, -0.15) is 0 Å². The summed E-state index contributed by atoms with van der Waals surface area (Å²) in [5.41, 5.74) is 0. The third-order valence-corrected chi connectivity index (χ3v) is 3.11. The van der Waals surface area contributed by atoms with Crippen LogP contribution in [-0.2, 0) is 27.3 Å². The van der Waals surface area contributed by atoms with Crippen LogP contribution in [0.4, 0.5) is 0 Å². The summed E-state index contributed by atoms with van der Waals surface area (Å²) < 4.78 is 18.8. The topological polar surface area (TPSA) is 71.1 Å². The van der Waals surface area contributed by atoms with Crippen LogP contribution in [0.5, 0.6) is 0 Å². The fourth-order valence-corrected chi connectivity index (χ4v) is 1.87. The first-order chi connectivity index (χ1) is 5.95. The van der Waals surface area contributed by atoms with Gasteiger partial charge in [0.15, 0.2) is 0 Å². The molecule has 0 aliphatic rings. The van der Waals surface area contributed by atoms with Crippen LogP contribution in [0.2, 0.25) is 0 Å². The van der Waals surface area contributed by atoms with E-state index in [0.29, 0.717) is 0 Å².